The maximum absolute atomic E-state index is 4.31. The van der Waals surface area contributed by atoms with Gasteiger partial charge in [0.1, 0.15) is 0 Å². The van der Waals surface area contributed by atoms with Gasteiger partial charge >= 0.3 is 0 Å². The molecule has 0 aliphatic carbocycles. The zero-order chi connectivity index (χ0) is 14.8. The largest absolute Gasteiger partial charge is 0.368 e. The molecule has 0 radical (unpaired) electrons. The number of rotatable bonds is 10. The van der Waals surface area contributed by atoms with Gasteiger partial charge in [-0.1, -0.05) is 27.2 Å². The molecule has 114 valence electrons. The molecule has 0 fully saturated rings. The smallest absolute Gasteiger partial charge is 0.0445 e. The summed E-state index contributed by atoms with van der Waals surface area (Å²) in [6, 6.07) is 2.75. The third-order valence-electron chi connectivity index (χ3n) is 3.80. The minimum Gasteiger partial charge on any atom is -0.368 e. The van der Waals surface area contributed by atoms with Crippen LogP contribution in [0.25, 0.3) is 0 Å². The van der Waals surface area contributed by atoms with Crippen LogP contribution in [0.1, 0.15) is 58.9 Å². The average Bonchev–Trinajstić information content (AvgIpc) is 2.49. The van der Waals surface area contributed by atoms with Crippen LogP contribution in [0.2, 0.25) is 0 Å². The Hall–Kier alpha value is -1.09. The summed E-state index contributed by atoms with van der Waals surface area (Å²) in [5.74, 6) is 0. The second kappa shape index (κ2) is 9.76. The molecule has 0 aromatic carbocycles. The van der Waals surface area contributed by atoms with Gasteiger partial charge in [0.2, 0.25) is 0 Å². The highest BCUT2D eigenvalue weighted by Crippen LogP contribution is 2.23. The van der Waals surface area contributed by atoms with E-state index in [1.807, 2.05) is 12.4 Å². The topological polar surface area (TPSA) is 28.2 Å². The summed E-state index contributed by atoms with van der Waals surface area (Å²) in [6.45, 7) is 12.1. The Kier molecular flexibility index (Phi) is 8.28. The lowest BCUT2D eigenvalue weighted by Crippen LogP contribution is -2.34. The predicted octanol–water partition coefficient (Wildman–Crippen LogP) is 3.99. The zero-order valence-electron chi connectivity index (χ0n) is 13.7. The Labute approximate surface area is 124 Å². The van der Waals surface area contributed by atoms with Crippen LogP contribution >= 0.6 is 0 Å². The molecule has 0 aliphatic rings. The van der Waals surface area contributed by atoms with Crippen LogP contribution in [0, 0.1) is 0 Å². The van der Waals surface area contributed by atoms with Crippen molar-refractivity contribution in [1.82, 2.24) is 10.3 Å². The predicted molar refractivity (Wildman–Crippen MR) is 88.2 cm³/mol. The van der Waals surface area contributed by atoms with E-state index >= 15 is 0 Å². The van der Waals surface area contributed by atoms with E-state index in [-0.39, 0.29) is 0 Å². The van der Waals surface area contributed by atoms with Crippen molar-refractivity contribution < 1.29 is 0 Å². The Morgan fingerprint density at radius 2 is 2.05 bits per heavy atom. The summed E-state index contributed by atoms with van der Waals surface area (Å²) >= 11 is 0. The Balaban J connectivity index is 2.87. The van der Waals surface area contributed by atoms with Gasteiger partial charge < -0.3 is 10.2 Å². The van der Waals surface area contributed by atoms with Crippen LogP contribution in [-0.4, -0.2) is 24.1 Å². The molecular weight excluding hydrogens is 246 g/mol. The first kappa shape index (κ1) is 17.0. The number of hydrogen-bond acceptors (Lipinski definition) is 3. The maximum atomic E-state index is 4.31. The van der Waals surface area contributed by atoms with Crippen LogP contribution in [0.3, 0.4) is 0 Å². The molecule has 1 N–H and O–H groups in total. The van der Waals surface area contributed by atoms with E-state index < -0.39 is 0 Å². The normalized spacial score (nSPS) is 12.4. The van der Waals surface area contributed by atoms with Crippen LogP contribution in [0.15, 0.2) is 18.5 Å². The van der Waals surface area contributed by atoms with Crippen LogP contribution in [-0.2, 0) is 6.54 Å². The molecular formula is C17H31N3. The highest BCUT2D eigenvalue weighted by atomic mass is 15.2. The highest BCUT2D eigenvalue weighted by Gasteiger charge is 2.15. The first-order chi connectivity index (χ1) is 9.74. The number of pyridine rings is 1. The molecule has 0 bridgehead atoms. The zero-order valence-corrected chi connectivity index (χ0v) is 13.7. The second-order valence-electron chi connectivity index (χ2n) is 5.49. The van der Waals surface area contributed by atoms with Crippen molar-refractivity contribution in [2.24, 2.45) is 0 Å². The lowest BCUT2D eigenvalue weighted by Gasteiger charge is -2.32. The average molecular weight is 277 g/mol. The summed E-state index contributed by atoms with van der Waals surface area (Å²) in [4.78, 5) is 6.85. The lowest BCUT2D eigenvalue weighted by molar-refractivity contribution is 0.589. The van der Waals surface area contributed by atoms with E-state index in [4.69, 9.17) is 0 Å². The van der Waals surface area contributed by atoms with E-state index in [9.17, 15) is 0 Å². The molecule has 1 aromatic rings. The third-order valence-corrected chi connectivity index (χ3v) is 3.80. The fourth-order valence-electron chi connectivity index (χ4n) is 2.36. The van der Waals surface area contributed by atoms with E-state index in [1.165, 1.54) is 36.9 Å². The SMILES string of the molecule is CCCCN(c1ccncc1CNCCC)C(C)CC. The summed E-state index contributed by atoms with van der Waals surface area (Å²) in [6.07, 6.45) is 8.75. The van der Waals surface area contributed by atoms with Crippen molar-refractivity contribution in [3.63, 3.8) is 0 Å². The molecule has 0 spiro atoms. The van der Waals surface area contributed by atoms with Gasteiger partial charge in [-0.15, -0.1) is 0 Å². The minimum atomic E-state index is 0.578. The molecule has 1 atom stereocenters. The molecule has 0 amide bonds. The van der Waals surface area contributed by atoms with Gasteiger partial charge in [0, 0.05) is 42.8 Å². The van der Waals surface area contributed by atoms with Crippen molar-refractivity contribution in [2.45, 2.75) is 66.0 Å². The summed E-state index contributed by atoms with van der Waals surface area (Å²) in [7, 11) is 0. The maximum Gasteiger partial charge on any atom is 0.0445 e. The van der Waals surface area contributed by atoms with E-state index in [1.54, 1.807) is 0 Å². The number of aromatic nitrogens is 1. The molecule has 0 saturated heterocycles. The molecule has 1 unspecified atom stereocenters. The molecule has 0 saturated carbocycles. The first-order valence-electron chi connectivity index (χ1n) is 8.14. The van der Waals surface area contributed by atoms with E-state index in [0.29, 0.717) is 6.04 Å². The van der Waals surface area contributed by atoms with Gasteiger partial charge in [0.05, 0.1) is 0 Å². The Morgan fingerprint density at radius 1 is 1.25 bits per heavy atom. The lowest BCUT2D eigenvalue weighted by atomic mass is 10.1. The molecule has 1 heterocycles. The highest BCUT2D eigenvalue weighted by molar-refractivity contribution is 5.53. The standard InChI is InChI=1S/C17H31N3/c1-5-8-12-20(15(4)7-3)17-9-11-19-14-16(17)13-18-10-6-2/h9,11,14-15,18H,5-8,10,12-13H2,1-4H3. The second-order valence-corrected chi connectivity index (χ2v) is 5.49. The summed E-state index contributed by atoms with van der Waals surface area (Å²) in [5.41, 5.74) is 2.67. The van der Waals surface area contributed by atoms with E-state index in [2.05, 4.69) is 49.0 Å². The first-order valence-corrected chi connectivity index (χ1v) is 8.14. The van der Waals surface area contributed by atoms with E-state index in [0.717, 1.165) is 19.6 Å². The Morgan fingerprint density at radius 3 is 2.70 bits per heavy atom. The van der Waals surface area contributed by atoms with Gasteiger partial charge in [-0.05, 0) is 38.8 Å². The molecule has 20 heavy (non-hydrogen) atoms. The molecule has 0 aliphatic heterocycles. The van der Waals surface area contributed by atoms with Crippen LogP contribution in [0.5, 0.6) is 0 Å². The molecule has 3 nitrogen and oxygen atoms in total. The number of anilines is 1. The van der Waals surface area contributed by atoms with Crippen molar-refractivity contribution in [1.29, 1.82) is 0 Å². The summed E-state index contributed by atoms with van der Waals surface area (Å²) in [5, 5.41) is 3.49. The van der Waals surface area contributed by atoms with Crippen LogP contribution < -0.4 is 10.2 Å². The Bertz CT molecular complexity index is 365. The monoisotopic (exact) mass is 277 g/mol. The molecule has 3 heteroatoms. The number of unbranched alkanes of at least 4 members (excludes halogenated alkanes) is 1. The summed E-state index contributed by atoms with van der Waals surface area (Å²) < 4.78 is 0. The number of hydrogen-bond donors (Lipinski definition) is 1. The number of nitrogens with zero attached hydrogens (tertiary/aromatic N) is 2. The van der Waals surface area contributed by atoms with Gasteiger partial charge in [0.15, 0.2) is 0 Å². The van der Waals surface area contributed by atoms with Gasteiger partial charge in [-0.25, -0.2) is 0 Å². The van der Waals surface area contributed by atoms with Gasteiger partial charge in [0.25, 0.3) is 0 Å². The van der Waals surface area contributed by atoms with Crippen molar-refractivity contribution >= 4 is 5.69 Å². The van der Waals surface area contributed by atoms with Crippen molar-refractivity contribution in [3.8, 4) is 0 Å². The van der Waals surface area contributed by atoms with Crippen molar-refractivity contribution in [3.05, 3.63) is 24.0 Å². The van der Waals surface area contributed by atoms with Gasteiger partial charge in [-0.2, -0.15) is 0 Å². The molecule has 1 rings (SSSR count). The fraction of sp³-hybridized carbons (Fsp3) is 0.706. The quantitative estimate of drug-likeness (QED) is 0.656. The molecule has 1 aromatic heterocycles. The van der Waals surface area contributed by atoms with Crippen molar-refractivity contribution in [2.75, 3.05) is 18.0 Å². The van der Waals surface area contributed by atoms with Gasteiger partial charge in [-0.3, -0.25) is 4.98 Å². The fourth-order valence-corrected chi connectivity index (χ4v) is 2.36. The number of nitrogens with one attached hydrogen (secondary N) is 1. The minimum absolute atomic E-state index is 0.578. The third kappa shape index (κ3) is 5.12. The van der Waals surface area contributed by atoms with Crippen LogP contribution in [0.4, 0.5) is 5.69 Å².